The summed E-state index contributed by atoms with van der Waals surface area (Å²) in [5, 5.41) is 9.36. The summed E-state index contributed by atoms with van der Waals surface area (Å²) in [5.74, 6) is -0.421. The number of ether oxygens (including phenoxy) is 2. The molecule has 1 atom stereocenters. The normalized spacial score (nSPS) is 13.1. The topological polar surface area (TPSA) is 38.7 Å². The Hall–Kier alpha value is -0.970. The lowest BCUT2D eigenvalue weighted by Crippen LogP contribution is -2.11. The van der Waals surface area contributed by atoms with Crippen LogP contribution in [-0.4, -0.2) is 18.3 Å². The fraction of sp³-hybridized carbons (Fsp3) is 0.538. The van der Waals surface area contributed by atoms with Crippen LogP contribution in [0.1, 0.15) is 44.3 Å². The number of halogens is 1. The molecule has 96 valence electrons. The van der Waals surface area contributed by atoms with Crippen molar-refractivity contribution in [2.45, 2.75) is 33.2 Å². The van der Waals surface area contributed by atoms with E-state index in [1.54, 1.807) is 19.1 Å². The monoisotopic (exact) mass is 242 g/mol. The first kappa shape index (κ1) is 14.1. The molecule has 4 heteroatoms. The van der Waals surface area contributed by atoms with Crippen molar-refractivity contribution in [1.82, 2.24) is 0 Å². The second-order valence-electron chi connectivity index (χ2n) is 3.70. The molecule has 0 aliphatic carbocycles. The maximum atomic E-state index is 13.8. The molecule has 1 N–H and O–H groups in total. The van der Waals surface area contributed by atoms with Gasteiger partial charge in [-0.15, -0.1) is 0 Å². The van der Waals surface area contributed by atoms with Crippen molar-refractivity contribution in [1.29, 1.82) is 0 Å². The highest BCUT2D eigenvalue weighted by Gasteiger charge is 2.17. The first-order valence-electron chi connectivity index (χ1n) is 5.80. The zero-order valence-electron chi connectivity index (χ0n) is 10.4. The maximum Gasteiger partial charge on any atom is 0.186 e. The van der Waals surface area contributed by atoms with Crippen LogP contribution in [0.25, 0.3) is 0 Å². The van der Waals surface area contributed by atoms with Crippen LogP contribution in [0.15, 0.2) is 18.2 Å². The second-order valence-corrected chi connectivity index (χ2v) is 3.70. The Balaban J connectivity index is 2.95. The standard InChI is InChI=1S/C13H19FO3/c1-4-16-13(17-5-2)11-7-6-10(9(3)15)8-12(11)14/h6-9,13,15H,4-5H2,1-3H3. The van der Waals surface area contributed by atoms with Gasteiger partial charge in [-0.1, -0.05) is 12.1 Å². The quantitative estimate of drug-likeness (QED) is 0.779. The van der Waals surface area contributed by atoms with E-state index in [0.717, 1.165) is 0 Å². The van der Waals surface area contributed by atoms with E-state index in [1.165, 1.54) is 6.07 Å². The molecular formula is C13H19FO3. The Morgan fingerprint density at radius 3 is 2.24 bits per heavy atom. The molecular weight excluding hydrogens is 223 g/mol. The molecule has 3 nitrogen and oxygen atoms in total. The molecule has 0 aliphatic rings. The highest BCUT2D eigenvalue weighted by Crippen LogP contribution is 2.24. The summed E-state index contributed by atoms with van der Waals surface area (Å²) in [7, 11) is 0. The van der Waals surface area contributed by atoms with Gasteiger partial charge < -0.3 is 14.6 Å². The van der Waals surface area contributed by atoms with Crippen LogP contribution in [0.4, 0.5) is 4.39 Å². The van der Waals surface area contributed by atoms with Gasteiger partial charge in [0.05, 0.1) is 6.10 Å². The summed E-state index contributed by atoms with van der Waals surface area (Å²) in [4.78, 5) is 0. The highest BCUT2D eigenvalue weighted by molar-refractivity contribution is 5.26. The van der Waals surface area contributed by atoms with Gasteiger partial charge in [0.25, 0.3) is 0 Å². The SMILES string of the molecule is CCOC(OCC)c1ccc(C(C)O)cc1F. The van der Waals surface area contributed by atoms with Crippen molar-refractivity contribution >= 4 is 0 Å². The van der Waals surface area contributed by atoms with Crippen molar-refractivity contribution in [3.8, 4) is 0 Å². The Morgan fingerprint density at radius 2 is 1.82 bits per heavy atom. The molecule has 1 aromatic rings. The fourth-order valence-corrected chi connectivity index (χ4v) is 1.52. The predicted molar refractivity (Wildman–Crippen MR) is 63.0 cm³/mol. The molecule has 0 aliphatic heterocycles. The van der Waals surface area contributed by atoms with Crippen LogP contribution in [0, 0.1) is 5.82 Å². The van der Waals surface area contributed by atoms with Crippen molar-refractivity contribution in [3.05, 3.63) is 35.1 Å². The minimum Gasteiger partial charge on any atom is -0.389 e. The summed E-state index contributed by atoms with van der Waals surface area (Å²) in [6.45, 7) is 6.14. The fourth-order valence-electron chi connectivity index (χ4n) is 1.52. The molecule has 0 spiro atoms. The molecule has 1 rings (SSSR count). The molecule has 1 unspecified atom stereocenters. The van der Waals surface area contributed by atoms with Gasteiger partial charge in [-0.2, -0.15) is 0 Å². The molecule has 0 radical (unpaired) electrons. The first-order chi connectivity index (χ1) is 8.10. The van der Waals surface area contributed by atoms with Gasteiger partial charge in [-0.25, -0.2) is 4.39 Å². The minimum atomic E-state index is -0.687. The Kier molecular flexibility index (Phi) is 5.55. The summed E-state index contributed by atoms with van der Waals surface area (Å²) >= 11 is 0. The number of aliphatic hydroxyl groups excluding tert-OH is 1. The molecule has 1 aromatic carbocycles. The predicted octanol–water partition coefficient (Wildman–Crippen LogP) is 2.95. The van der Waals surface area contributed by atoms with Crippen molar-refractivity contribution < 1.29 is 19.0 Å². The summed E-state index contributed by atoms with van der Waals surface area (Å²) in [5.41, 5.74) is 0.899. The van der Waals surface area contributed by atoms with Gasteiger partial charge in [0.1, 0.15) is 5.82 Å². The molecule has 0 fully saturated rings. The Morgan fingerprint density at radius 1 is 1.24 bits per heavy atom. The molecule has 17 heavy (non-hydrogen) atoms. The number of hydrogen-bond acceptors (Lipinski definition) is 3. The Bertz CT molecular complexity index is 347. The van der Waals surface area contributed by atoms with Crippen LogP contribution in [0.5, 0.6) is 0 Å². The molecule has 0 saturated carbocycles. The van der Waals surface area contributed by atoms with E-state index in [9.17, 15) is 9.50 Å². The zero-order valence-corrected chi connectivity index (χ0v) is 10.4. The Labute approximate surface area is 101 Å². The van der Waals surface area contributed by atoms with Crippen LogP contribution in [0.2, 0.25) is 0 Å². The van der Waals surface area contributed by atoms with Crippen molar-refractivity contribution in [3.63, 3.8) is 0 Å². The van der Waals surface area contributed by atoms with Crippen LogP contribution in [-0.2, 0) is 9.47 Å². The average molecular weight is 242 g/mol. The number of hydrogen-bond donors (Lipinski definition) is 1. The van der Waals surface area contributed by atoms with E-state index in [-0.39, 0.29) is 0 Å². The third kappa shape index (κ3) is 3.77. The first-order valence-corrected chi connectivity index (χ1v) is 5.80. The van der Waals surface area contributed by atoms with Gasteiger partial charge in [-0.3, -0.25) is 0 Å². The summed E-state index contributed by atoms with van der Waals surface area (Å²) < 4.78 is 24.5. The summed E-state index contributed by atoms with van der Waals surface area (Å²) in [6, 6.07) is 4.58. The van der Waals surface area contributed by atoms with Gasteiger partial charge in [0.15, 0.2) is 6.29 Å². The third-order valence-corrected chi connectivity index (χ3v) is 2.40. The van der Waals surface area contributed by atoms with E-state index < -0.39 is 18.2 Å². The van der Waals surface area contributed by atoms with Crippen molar-refractivity contribution in [2.75, 3.05) is 13.2 Å². The van der Waals surface area contributed by atoms with Crippen LogP contribution < -0.4 is 0 Å². The van der Waals surface area contributed by atoms with E-state index in [2.05, 4.69) is 0 Å². The number of aliphatic hydroxyl groups is 1. The molecule has 0 saturated heterocycles. The lowest BCUT2D eigenvalue weighted by atomic mass is 10.1. The third-order valence-electron chi connectivity index (χ3n) is 2.40. The molecule has 0 amide bonds. The van der Waals surface area contributed by atoms with E-state index in [4.69, 9.17) is 9.47 Å². The zero-order chi connectivity index (χ0) is 12.8. The average Bonchev–Trinajstić information content (AvgIpc) is 2.28. The summed E-state index contributed by atoms with van der Waals surface area (Å²) in [6.07, 6.45) is -1.37. The van der Waals surface area contributed by atoms with E-state index in [1.807, 2.05) is 13.8 Å². The van der Waals surface area contributed by atoms with Crippen LogP contribution >= 0.6 is 0 Å². The molecule has 0 aromatic heterocycles. The largest absolute Gasteiger partial charge is 0.389 e. The minimum absolute atomic E-state index is 0.359. The van der Waals surface area contributed by atoms with Crippen LogP contribution in [0.3, 0.4) is 0 Å². The molecule has 0 heterocycles. The van der Waals surface area contributed by atoms with E-state index >= 15 is 0 Å². The smallest absolute Gasteiger partial charge is 0.186 e. The van der Waals surface area contributed by atoms with Crippen molar-refractivity contribution in [2.24, 2.45) is 0 Å². The lowest BCUT2D eigenvalue weighted by Gasteiger charge is -2.18. The van der Waals surface area contributed by atoms with Gasteiger partial charge in [0.2, 0.25) is 0 Å². The van der Waals surface area contributed by atoms with Gasteiger partial charge in [-0.05, 0) is 32.4 Å². The molecule has 0 bridgehead atoms. The number of benzene rings is 1. The maximum absolute atomic E-state index is 13.8. The van der Waals surface area contributed by atoms with Gasteiger partial charge in [0, 0.05) is 18.8 Å². The highest BCUT2D eigenvalue weighted by atomic mass is 19.1. The van der Waals surface area contributed by atoms with Gasteiger partial charge >= 0.3 is 0 Å². The van der Waals surface area contributed by atoms with E-state index in [0.29, 0.717) is 24.3 Å². The number of rotatable bonds is 6. The lowest BCUT2D eigenvalue weighted by molar-refractivity contribution is -0.141. The second kappa shape index (κ2) is 6.69.